The van der Waals surface area contributed by atoms with Gasteiger partial charge >= 0.3 is 0 Å². The normalized spacial score (nSPS) is 15.2. The van der Waals surface area contributed by atoms with Crippen LogP contribution in [-0.2, 0) is 5.41 Å². The number of benzene rings is 2. The van der Waals surface area contributed by atoms with E-state index in [-0.39, 0.29) is 5.41 Å². The van der Waals surface area contributed by atoms with Crippen molar-refractivity contribution >= 4 is 58.0 Å². The highest BCUT2D eigenvalue weighted by molar-refractivity contribution is 7.99. The van der Waals surface area contributed by atoms with Crippen LogP contribution in [-0.4, -0.2) is 16.6 Å². The van der Waals surface area contributed by atoms with Gasteiger partial charge in [-0.15, -0.1) is 0 Å². The zero-order valence-corrected chi connectivity index (χ0v) is 20.8. The van der Waals surface area contributed by atoms with Crippen molar-refractivity contribution < 1.29 is 0 Å². The molecule has 1 aliphatic rings. The lowest BCUT2D eigenvalue weighted by Crippen LogP contribution is -2.43. The van der Waals surface area contributed by atoms with Crippen molar-refractivity contribution in [3.63, 3.8) is 0 Å². The highest BCUT2D eigenvalue weighted by Crippen LogP contribution is 2.39. The second kappa shape index (κ2) is 10.9. The summed E-state index contributed by atoms with van der Waals surface area (Å²) in [5.74, 6) is 0. The summed E-state index contributed by atoms with van der Waals surface area (Å²) in [4.78, 5) is 5.63. The van der Waals surface area contributed by atoms with Crippen LogP contribution in [0.5, 0.6) is 0 Å². The molecule has 166 valence electrons. The predicted molar refractivity (Wildman–Crippen MR) is 140 cm³/mol. The van der Waals surface area contributed by atoms with Gasteiger partial charge in [-0.3, -0.25) is 0 Å². The first kappa shape index (κ1) is 23.4. The standard InChI is InChI=1S/C25H25Cl2N3S2/c26-19-7-10-22(11-8-19)32-23-12-9-21(16-28-23)30-24(31)29-17-25(13-2-1-3-14-25)18-5-4-6-20(27)15-18/h4-12,15-16H,1-3,13-14,17H2,(H2,29,30,31). The fraction of sp³-hybridized carbons (Fsp3) is 0.280. The van der Waals surface area contributed by atoms with Gasteiger partial charge in [0.1, 0.15) is 5.03 Å². The fourth-order valence-corrected chi connectivity index (χ4v) is 5.44. The zero-order chi connectivity index (χ0) is 22.4. The van der Waals surface area contributed by atoms with Crippen LogP contribution in [0.4, 0.5) is 5.69 Å². The quantitative estimate of drug-likeness (QED) is 0.338. The highest BCUT2D eigenvalue weighted by Gasteiger charge is 2.34. The second-order valence-electron chi connectivity index (χ2n) is 8.10. The second-order valence-corrected chi connectivity index (χ2v) is 10.5. The van der Waals surface area contributed by atoms with E-state index in [9.17, 15) is 0 Å². The van der Waals surface area contributed by atoms with Crippen LogP contribution < -0.4 is 10.6 Å². The Morgan fingerprint density at radius 3 is 2.44 bits per heavy atom. The molecule has 1 heterocycles. The molecule has 0 atom stereocenters. The van der Waals surface area contributed by atoms with Crippen molar-refractivity contribution in [2.45, 2.75) is 47.4 Å². The van der Waals surface area contributed by atoms with Crippen LogP contribution in [0.15, 0.2) is 76.8 Å². The highest BCUT2D eigenvalue weighted by atomic mass is 35.5. The van der Waals surface area contributed by atoms with Crippen molar-refractivity contribution in [1.29, 1.82) is 0 Å². The number of hydrogen-bond acceptors (Lipinski definition) is 3. The van der Waals surface area contributed by atoms with E-state index in [0.717, 1.165) is 45.0 Å². The molecule has 2 N–H and O–H groups in total. The average molecular weight is 503 g/mol. The minimum atomic E-state index is 0.0617. The van der Waals surface area contributed by atoms with Crippen LogP contribution in [0.2, 0.25) is 10.0 Å². The van der Waals surface area contributed by atoms with Crippen LogP contribution in [0, 0.1) is 0 Å². The monoisotopic (exact) mass is 501 g/mol. The van der Waals surface area contributed by atoms with Gasteiger partial charge < -0.3 is 10.6 Å². The summed E-state index contributed by atoms with van der Waals surface area (Å²) >= 11 is 19.4. The first-order chi connectivity index (χ1) is 15.5. The molecule has 0 saturated heterocycles. The minimum Gasteiger partial charge on any atom is -0.362 e. The smallest absolute Gasteiger partial charge is 0.170 e. The summed E-state index contributed by atoms with van der Waals surface area (Å²) in [6.45, 7) is 0.789. The lowest BCUT2D eigenvalue weighted by atomic mass is 9.69. The molecule has 2 aromatic carbocycles. The molecule has 1 saturated carbocycles. The molecule has 4 rings (SSSR count). The third-order valence-corrected chi connectivity index (χ3v) is 7.56. The lowest BCUT2D eigenvalue weighted by Gasteiger charge is -2.38. The number of aromatic nitrogens is 1. The van der Waals surface area contributed by atoms with Crippen molar-refractivity contribution in [3.05, 3.63) is 82.5 Å². The summed E-state index contributed by atoms with van der Waals surface area (Å²) in [5, 5.41) is 9.76. The maximum absolute atomic E-state index is 6.29. The third kappa shape index (κ3) is 6.16. The Balaban J connectivity index is 1.35. The molecular weight excluding hydrogens is 477 g/mol. The summed E-state index contributed by atoms with van der Waals surface area (Å²) in [7, 11) is 0. The van der Waals surface area contributed by atoms with E-state index >= 15 is 0 Å². The SMILES string of the molecule is S=C(NCC1(c2cccc(Cl)c2)CCCCC1)Nc1ccc(Sc2ccc(Cl)cc2)nc1. The number of pyridine rings is 1. The number of hydrogen-bond donors (Lipinski definition) is 2. The van der Waals surface area contributed by atoms with Crippen LogP contribution >= 0.6 is 47.2 Å². The molecule has 0 amide bonds. The Kier molecular flexibility index (Phi) is 7.95. The summed E-state index contributed by atoms with van der Waals surface area (Å²) in [6.07, 6.45) is 7.83. The fourth-order valence-electron chi connectivity index (χ4n) is 4.18. The average Bonchev–Trinajstić information content (AvgIpc) is 2.81. The molecule has 0 radical (unpaired) electrons. The van der Waals surface area contributed by atoms with Gasteiger partial charge in [0, 0.05) is 26.9 Å². The largest absolute Gasteiger partial charge is 0.362 e. The Morgan fingerprint density at radius 1 is 0.969 bits per heavy atom. The molecule has 1 aromatic heterocycles. The van der Waals surface area contributed by atoms with Gasteiger partial charge in [0.15, 0.2) is 5.11 Å². The Labute approximate surface area is 209 Å². The first-order valence-electron chi connectivity index (χ1n) is 10.7. The van der Waals surface area contributed by atoms with Crippen molar-refractivity contribution in [3.8, 4) is 0 Å². The van der Waals surface area contributed by atoms with E-state index in [1.807, 2.05) is 48.5 Å². The van der Waals surface area contributed by atoms with E-state index in [2.05, 4.69) is 27.8 Å². The van der Waals surface area contributed by atoms with Crippen molar-refractivity contribution in [2.75, 3.05) is 11.9 Å². The van der Waals surface area contributed by atoms with Gasteiger partial charge in [0.25, 0.3) is 0 Å². The molecule has 1 aliphatic carbocycles. The third-order valence-electron chi connectivity index (χ3n) is 5.87. The topological polar surface area (TPSA) is 37.0 Å². The van der Waals surface area contributed by atoms with Crippen LogP contribution in [0.3, 0.4) is 0 Å². The van der Waals surface area contributed by atoms with E-state index in [1.165, 1.54) is 24.8 Å². The van der Waals surface area contributed by atoms with Gasteiger partial charge in [-0.25, -0.2) is 4.98 Å². The van der Waals surface area contributed by atoms with Gasteiger partial charge in [-0.1, -0.05) is 66.4 Å². The van der Waals surface area contributed by atoms with Crippen molar-refractivity contribution in [2.24, 2.45) is 0 Å². The maximum Gasteiger partial charge on any atom is 0.170 e. The van der Waals surface area contributed by atoms with Gasteiger partial charge in [-0.2, -0.15) is 0 Å². The van der Waals surface area contributed by atoms with E-state index in [1.54, 1.807) is 18.0 Å². The Morgan fingerprint density at radius 2 is 1.75 bits per heavy atom. The Hall–Kier alpha value is -1.79. The van der Waals surface area contributed by atoms with Crippen LogP contribution in [0.1, 0.15) is 37.7 Å². The van der Waals surface area contributed by atoms with E-state index < -0.39 is 0 Å². The molecule has 3 aromatic rings. The van der Waals surface area contributed by atoms with Gasteiger partial charge in [0.05, 0.1) is 11.9 Å². The van der Waals surface area contributed by atoms with E-state index in [0.29, 0.717) is 5.11 Å². The minimum absolute atomic E-state index is 0.0617. The number of nitrogens with one attached hydrogen (secondary N) is 2. The number of nitrogens with zero attached hydrogens (tertiary/aromatic N) is 1. The maximum atomic E-state index is 6.29. The number of thiocarbonyl (C=S) groups is 1. The van der Waals surface area contributed by atoms with Gasteiger partial charge in [0.2, 0.25) is 0 Å². The lowest BCUT2D eigenvalue weighted by molar-refractivity contribution is 0.292. The molecule has 32 heavy (non-hydrogen) atoms. The molecule has 7 heteroatoms. The molecule has 0 spiro atoms. The summed E-state index contributed by atoms with van der Waals surface area (Å²) in [6, 6.07) is 20.0. The first-order valence-corrected chi connectivity index (χ1v) is 12.7. The molecule has 0 bridgehead atoms. The number of anilines is 1. The molecule has 0 unspecified atom stereocenters. The molecule has 0 aliphatic heterocycles. The van der Waals surface area contributed by atoms with Crippen LogP contribution in [0.25, 0.3) is 0 Å². The summed E-state index contributed by atoms with van der Waals surface area (Å²) in [5.41, 5.74) is 2.22. The number of rotatable bonds is 6. The molecule has 3 nitrogen and oxygen atoms in total. The predicted octanol–water partition coefficient (Wildman–Crippen LogP) is 7.73. The zero-order valence-electron chi connectivity index (χ0n) is 17.6. The van der Waals surface area contributed by atoms with Crippen molar-refractivity contribution in [1.82, 2.24) is 10.3 Å². The summed E-state index contributed by atoms with van der Waals surface area (Å²) < 4.78 is 0. The molecular formula is C25H25Cl2N3S2. The molecule has 1 fully saturated rings. The van der Waals surface area contributed by atoms with Gasteiger partial charge in [-0.05, 0) is 79.2 Å². The Bertz CT molecular complexity index is 1050. The van der Waals surface area contributed by atoms with E-state index in [4.69, 9.17) is 35.4 Å². The number of halogens is 2.